The molecule has 1 aromatic carbocycles. The number of amides is 2. The quantitative estimate of drug-likeness (QED) is 0.743. The van der Waals surface area contributed by atoms with E-state index >= 15 is 0 Å². The van der Waals surface area contributed by atoms with Crippen LogP contribution in [-0.2, 0) is 9.53 Å². The van der Waals surface area contributed by atoms with Gasteiger partial charge in [0.15, 0.2) is 6.10 Å². The molecule has 1 saturated carbocycles. The van der Waals surface area contributed by atoms with Crippen LogP contribution in [0.15, 0.2) is 41.8 Å². The van der Waals surface area contributed by atoms with Gasteiger partial charge in [0, 0.05) is 11.7 Å². The molecule has 7 heteroatoms. The van der Waals surface area contributed by atoms with Crippen molar-refractivity contribution in [2.75, 3.05) is 5.32 Å². The monoisotopic (exact) mass is 386 g/mol. The third-order valence-electron chi connectivity index (χ3n) is 4.48. The average Bonchev–Trinajstić information content (AvgIpc) is 3.36. The van der Waals surface area contributed by atoms with Crippen LogP contribution in [-0.4, -0.2) is 29.9 Å². The number of esters is 1. The van der Waals surface area contributed by atoms with E-state index < -0.39 is 12.1 Å². The van der Waals surface area contributed by atoms with Crippen LogP contribution < -0.4 is 10.6 Å². The van der Waals surface area contributed by atoms with Gasteiger partial charge in [0.25, 0.3) is 11.8 Å². The molecule has 1 aliphatic carbocycles. The van der Waals surface area contributed by atoms with Crippen molar-refractivity contribution in [1.82, 2.24) is 5.32 Å². The predicted molar refractivity (Wildman–Crippen MR) is 104 cm³/mol. The van der Waals surface area contributed by atoms with Gasteiger partial charge in [-0.05, 0) is 55.5 Å². The summed E-state index contributed by atoms with van der Waals surface area (Å²) >= 11 is 1.35. The molecular weight excluding hydrogens is 364 g/mol. The first-order chi connectivity index (χ1) is 13.0. The second kappa shape index (κ2) is 8.81. The number of benzene rings is 1. The van der Waals surface area contributed by atoms with Crippen molar-refractivity contribution in [2.45, 2.75) is 44.8 Å². The Hall–Kier alpha value is -2.67. The van der Waals surface area contributed by atoms with Gasteiger partial charge in [-0.3, -0.25) is 9.59 Å². The summed E-state index contributed by atoms with van der Waals surface area (Å²) in [6.45, 7) is 1.57. The molecule has 1 aliphatic rings. The number of thiophene rings is 1. The second-order valence-corrected chi connectivity index (χ2v) is 7.49. The van der Waals surface area contributed by atoms with E-state index in [0.29, 0.717) is 16.1 Å². The largest absolute Gasteiger partial charge is 0.449 e. The molecule has 0 bridgehead atoms. The zero-order valence-corrected chi connectivity index (χ0v) is 15.9. The summed E-state index contributed by atoms with van der Waals surface area (Å²) in [7, 11) is 0. The van der Waals surface area contributed by atoms with Gasteiger partial charge in [0.2, 0.25) is 0 Å². The minimum Gasteiger partial charge on any atom is -0.449 e. The van der Waals surface area contributed by atoms with Crippen LogP contribution in [0, 0.1) is 0 Å². The number of carbonyl (C=O) groups is 3. The minimum absolute atomic E-state index is 0.185. The molecule has 2 N–H and O–H groups in total. The molecule has 0 radical (unpaired) electrons. The van der Waals surface area contributed by atoms with Crippen molar-refractivity contribution in [3.8, 4) is 0 Å². The van der Waals surface area contributed by atoms with E-state index in [4.69, 9.17) is 4.74 Å². The van der Waals surface area contributed by atoms with Crippen molar-refractivity contribution in [3.63, 3.8) is 0 Å². The maximum atomic E-state index is 12.2. The first kappa shape index (κ1) is 19.1. The Labute approximate surface area is 161 Å². The summed E-state index contributed by atoms with van der Waals surface area (Å²) in [6, 6.07) is 10.1. The molecule has 3 rings (SSSR count). The zero-order valence-electron chi connectivity index (χ0n) is 15.1. The highest BCUT2D eigenvalue weighted by atomic mass is 32.1. The summed E-state index contributed by atoms with van der Waals surface area (Å²) in [5, 5.41) is 7.51. The van der Waals surface area contributed by atoms with Crippen LogP contribution in [0.2, 0.25) is 0 Å². The summed E-state index contributed by atoms with van der Waals surface area (Å²) in [4.78, 5) is 37.0. The predicted octanol–water partition coefficient (Wildman–Crippen LogP) is 3.60. The number of nitrogens with one attached hydrogen (secondary N) is 2. The zero-order chi connectivity index (χ0) is 19.2. The first-order valence-corrected chi connectivity index (χ1v) is 9.87. The highest BCUT2D eigenvalue weighted by molar-refractivity contribution is 7.12. The van der Waals surface area contributed by atoms with E-state index in [1.54, 1.807) is 37.3 Å². The van der Waals surface area contributed by atoms with Gasteiger partial charge in [0.05, 0.1) is 10.4 Å². The Balaban J connectivity index is 1.52. The Kier molecular flexibility index (Phi) is 6.24. The van der Waals surface area contributed by atoms with Crippen molar-refractivity contribution in [1.29, 1.82) is 0 Å². The van der Waals surface area contributed by atoms with Crippen molar-refractivity contribution >= 4 is 34.8 Å². The van der Waals surface area contributed by atoms with Crippen molar-refractivity contribution in [3.05, 3.63) is 52.2 Å². The molecule has 6 nitrogen and oxygen atoms in total. The topological polar surface area (TPSA) is 84.5 Å². The molecular formula is C20H22N2O4S. The molecule has 0 unspecified atom stereocenters. The van der Waals surface area contributed by atoms with E-state index in [0.717, 1.165) is 25.7 Å². The van der Waals surface area contributed by atoms with Gasteiger partial charge in [-0.2, -0.15) is 0 Å². The number of hydrogen-bond donors (Lipinski definition) is 2. The third kappa shape index (κ3) is 5.17. The van der Waals surface area contributed by atoms with Gasteiger partial charge < -0.3 is 15.4 Å². The maximum absolute atomic E-state index is 12.2. The van der Waals surface area contributed by atoms with Crippen LogP contribution in [0.5, 0.6) is 0 Å². The standard InChI is InChI=1S/C20H22N2O4S/c1-13(18(23)21-15-5-2-3-6-15)26-20(25)14-8-10-16(11-9-14)22-19(24)17-7-4-12-27-17/h4,7-13,15H,2-3,5-6H2,1H3,(H,21,23)(H,22,24)/t13-/m1/s1. The van der Waals surface area contributed by atoms with Crippen LogP contribution in [0.4, 0.5) is 5.69 Å². The van der Waals surface area contributed by atoms with Crippen molar-refractivity contribution < 1.29 is 19.1 Å². The number of anilines is 1. The molecule has 2 amide bonds. The van der Waals surface area contributed by atoms with Crippen LogP contribution in [0.1, 0.15) is 52.6 Å². The van der Waals surface area contributed by atoms with Gasteiger partial charge in [-0.15, -0.1) is 11.3 Å². The first-order valence-electron chi connectivity index (χ1n) is 8.99. The lowest BCUT2D eigenvalue weighted by Gasteiger charge is -2.17. The molecule has 27 heavy (non-hydrogen) atoms. The average molecular weight is 386 g/mol. The summed E-state index contributed by atoms with van der Waals surface area (Å²) < 4.78 is 5.25. The third-order valence-corrected chi connectivity index (χ3v) is 5.35. The van der Waals surface area contributed by atoms with E-state index in [9.17, 15) is 14.4 Å². The van der Waals surface area contributed by atoms with E-state index in [1.807, 2.05) is 11.4 Å². The highest BCUT2D eigenvalue weighted by Crippen LogP contribution is 2.18. The molecule has 0 spiro atoms. The highest BCUT2D eigenvalue weighted by Gasteiger charge is 2.23. The van der Waals surface area contributed by atoms with Gasteiger partial charge in [-0.1, -0.05) is 18.9 Å². The number of rotatable bonds is 6. The summed E-state index contributed by atoms with van der Waals surface area (Å²) in [5.74, 6) is -1.03. The lowest BCUT2D eigenvalue weighted by atomic mass is 10.2. The van der Waals surface area contributed by atoms with Crippen LogP contribution in [0.25, 0.3) is 0 Å². The molecule has 0 aliphatic heterocycles. The van der Waals surface area contributed by atoms with Crippen molar-refractivity contribution in [2.24, 2.45) is 0 Å². The lowest BCUT2D eigenvalue weighted by Crippen LogP contribution is -2.40. The SMILES string of the molecule is C[C@@H](OC(=O)c1ccc(NC(=O)c2cccs2)cc1)C(=O)NC1CCCC1. The number of ether oxygens (including phenoxy) is 1. The Bertz CT molecular complexity index is 796. The Morgan fingerprint density at radius 2 is 1.81 bits per heavy atom. The smallest absolute Gasteiger partial charge is 0.338 e. The van der Waals surface area contributed by atoms with E-state index in [-0.39, 0.29) is 17.9 Å². The fourth-order valence-corrected chi connectivity index (χ4v) is 3.58. The molecule has 1 fully saturated rings. The molecule has 1 heterocycles. The fourth-order valence-electron chi connectivity index (χ4n) is 2.96. The summed E-state index contributed by atoms with van der Waals surface area (Å²) in [6.07, 6.45) is 3.34. The Morgan fingerprint density at radius 3 is 2.44 bits per heavy atom. The van der Waals surface area contributed by atoms with E-state index in [1.165, 1.54) is 11.3 Å². The Morgan fingerprint density at radius 1 is 1.11 bits per heavy atom. The molecule has 0 saturated heterocycles. The molecule has 2 aromatic rings. The second-order valence-electron chi connectivity index (χ2n) is 6.55. The number of carbonyl (C=O) groups excluding carboxylic acids is 3. The normalized spacial score (nSPS) is 15.1. The van der Waals surface area contributed by atoms with Crippen LogP contribution >= 0.6 is 11.3 Å². The van der Waals surface area contributed by atoms with E-state index in [2.05, 4.69) is 10.6 Å². The summed E-state index contributed by atoms with van der Waals surface area (Å²) in [5.41, 5.74) is 0.904. The maximum Gasteiger partial charge on any atom is 0.338 e. The van der Waals surface area contributed by atoms with Gasteiger partial charge >= 0.3 is 5.97 Å². The number of hydrogen-bond acceptors (Lipinski definition) is 5. The molecule has 1 aromatic heterocycles. The lowest BCUT2D eigenvalue weighted by molar-refractivity contribution is -0.129. The molecule has 1 atom stereocenters. The van der Waals surface area contributed by atoms with Crippen LogP contribution in [0.3, 0.4) is 0 Å². The minimum atomic E-state index is -0.851. The molecule has 142 valence electrons. The van der Waals surface area contributed by atoms with Gasteiger partial charge in [-0.25, -0.2) is 4.79 Å². The fraction of sp³-hybridized carbons (Fsp3) is 0.350. The van der Waals surface area contributed by atoms with Gasteiger partial charge in [0.1, 0.15) is 0 Å².